The number of H-pyrrole nitrogens is 1. The predicted molar refractivity (Wildman–Crippen MR) is 100 cm³/mol. The first-order valence-electron chi connectivity index (χ1n) is 8.92. The lowest BCUT2D eigenvalue weighted by Gasteiger charge is -2.41. The van der Waals surface area contributed by atoms with Crippen LogP contribution in [0.15, 0.2) is 41.8 Å². The molecular weight excluding hydrogens is 407 g/mol. The molecule has 154 valence electrons. The third-order valence-corrected chi connectivity index (χ3v) is 7.14. The van der Waals surface area contributed by atoms with Crippen molar-refractivity contribution in [2.45, 2.75) is 30.0 Å². The molecule has 3 aromatic rings. The van der Waals surface area contributed by atoms with Gasteiger partial charge in [0, 0.05) is 25.5 Å². The van der Waals surface area contributed by atoms with Crippen LogP contribution in [0.1, 0.15) is 18.5 Å². The minimum Gasteiger partial charge on any atom is -0.356 e. The first kappa shape index (κ1) is 19.6. The van der Waals surface area contributed by atoms with Gasteiger partial charge in [-0.2, -0.15) is 13.2 Å². The Morgan fingerprint density at radius 3 is 2.59 bits per heavy atom. The summed E-state index contributed by atoms with van der Waals surface area (Å²) in [7, 11) is -1.79. The van der Waals surface area contributed by atoms with E-state index >= 15 is 0 Å². The molecule has 0 aromatic carbocycles. The van der Waals surface area contributed by atoms with E-state index in [1.54, 1.807) is 6.20 Å². The third kappa shape index (κ3) is 3.78. The van der Waals surface area contributed by atoms with Crippen LogP contribution in [0.25, 0.3) is 11.0 Å². The highest BCUT2D eigenvalue weighted by Gasteiger charge is 2.37. The zero-order valence-electron chi connectivity index (χ0n) is 15.4. The molecule has 0 amide bonds. The van der Waals surface area contributed by atoms with Crippen molar-refractivity contribution in [1.29, 1.82) is 0 Å². The summed E-state index contributed by atoms with van der Waals surface area (Å²) >= 11 is 0. The number of aromatic amines is 1. The maximum atomic E-state index is 12.6. The number of pyridine rings is 1. The Labute approximate surface area is 164 Å². The highest BCUT2D eigenvalue weighted by molar-refractivity contribution is 7.91. The van der Waals surface area contributed by atoms with E-state index in [9.17, 15) is 21.6 Å². The van der Waals surface area contributed by atoms with Crippen LogP contribution in [-0.2, 0) is 16.0 Å². The fourth-order valence-electron chi connectivity index (χ4n) is 3.60. The molecule has 3 aromatic heterocycles. The highest BCUT2D eigenvalue weighted by Crippen LogP contribution is 2.37. The van der Waals surface area contributed by atoms with E-state index in [4.69, 9.17) is 0 Å². The van der Waals surface area contributed by atoms with Crippen LogP contribution in [0.2, 0.25) is 0 Å². The summed E-state index contributed by atoms with van der Waals surface area (Å²) in [5, 5.41) is 0.891. The van der Waals surface area contributed by atoms with Crippen LogP contribution in [0.3, 0.4) is 0 Å². The van der Waals surface area contributed by atoms with E-state index in [1.807, 2.05) is 18.0 Å². The summed E-state index contributed by atoms with van der Waals surface area (Å²) in [6.45, 7) is 0. The quantitative estimate of drug-likeness (QED) is 0.676. The van der Waals surface area contributed by atoms with Gasteiger partial charge in [0.25, 0.3) is 0 Å². The molecule has 1 aliphatic rings. The molecule has 11 heteroatoms. The van der Waals surface area contributed by atoms with E-state index in [0.29, 0.717) is 18.9 Å². The molecule has 1 fully saturated rings. The Morgan fingerprint density at radius 1 is 1.17 bits per heavy atom. The molecule has 0 radical (unpaired) electrons. The minimum absolute atomic E-state index is 0.0710. The van der Waals surface area contributed by atoms with Gasteiger partial charge < -0.3 is 9.88 Å². The molecule has 0 aliphatic heterocycles. The van der Waals surface area contributed by atoms with Crippen LogP contribution >= 0.6 is 0 Å². The molecule has 4 rings (SSSR count). The number of nitrogens with one attached hydrogen (secondary N) is 1. The zero-order valence-corrected chi connectivity index (χ0v) is 16.2. The molecule has 7 nitrogen and oxygen atoms in total. The van der Waals surface area contributed by atoms with Crippen LogP contribution in [0.5, 0.6) is 0 Å². The number of alkyl halides is 3. The second-order valence-electron chi connectivity index (χ2n) is 7.20. The Bertz CT molecular complexity index is 1120. The number of fused-ring (bicyclic) bond motifs is 1. The number of aromatic nitrogens is 4. The Hall–Kier alpha value is -2.69. The Morgan fingerprint density at radius 2 is 1.93 bits per heavy atom. The van der Waals surface area contributed by atoms with Crippen LogP contribution in [0.4, 0.5) is 19.0 Å². The molecule has 1 aliphatic carbocycles. The summed E-state index contributed by atoms with van der Waals surface area (Å²) in [6, 6.07) is 3.69. The molecular formula is C18H18F3N5O2S. The van der Waals surface area contributed by atoms with Gasteiger partial charge in [0.1, 0.15) is 23.5 Å². The number of hydrogen-bond donors (Lipinski definition) is 1. The van der Waals surface area contributed by atoms with Gasteiger partial charge in [-0.3, -0.25) is 4.98 Å². The second kappa shape index (κ2) is 6.97. The molecule has 0 spiro atoms. The summed E-state index contributed by atoms with van der Waals surface area (Å²) in [5.41, 5.74) is -0.377. The lowest BCUT2D eigenvalue weighted by Crippen LogP contribution is -2.45. The fourth-order valence-corrected chi connectivity index (χ4v) is 5.18. The number of nitrogens with zero attached hydrogens (tertiary/aromatic N) is 4. The highest BCUT2D eigenvalue weighted by atomic mass is 32.2. The second-order valence-corrected chi connectivity index (χ2v) is 9.23. The standard InChI is InChI=1S/C18H18F3N5O2S/c1-26(17-14-4-5-22-16(14)24-10-25-17)12-6-11(7-12)9-29(27,28)13-2-3-15(23-8-13)18(19,20)21/h2-5,8,10-12H,6-7,9H2,1H3,(H,22,24,25)/t11-,12+. The van der Waals surface area contributed by atoms with Crippen molar-refractivity contribution in [2.24, 2.45) is 5.92 Å². The predicted octanol–water partition coefficient (Wildman–Crippen LogP) is 3.06. The maximum Gasteiger partial charge on any atom is 0.433 e. The molecule has 0 unspecified atom stereocenters. The lowest BCUT2D eigenvalue weighted by atomic mass is 9.81. The van der Waals surface area contributed by atoms with E-state index in [0.717, 1.165) is 29.1 Å². The maximum absolute atomic E-state index is 12.6. The SMILES string of the molecule is CN(c1ncnc2[nH]ccc12)[C@H]1C[C@@H](CS(=O)(=O)c2ccc(C(F)(F)F)nc2)C1. The van der Waals surface area contributed by atoms with E-state index in [2.05, 4.69) is 19.9 Å². The molecule has 1 saturated carbocycles. The van der Waals surface area contributed by atoms with Crippen LogP contribution in [-0.4, -0.2) is 47.2 Å². The summed E-state index contributed by atoms with van der Waals surface area (Å²) < 4.78 is 62.8. The number of halogens is 3. The van der Waals surface area contributed by atoms with E-state index < -0.39 is 21.7 Å². The van der Waals surface area contributed by atoms with Gasteiger partial charge in [-0.25, -0.2) is 18.4 Å². The van der Waals surface area contributed by atoms with Gasteiger partial charge in [0.05, 0.1) is 16.0 Å². The fraction of sp³-hybridized carbons (Fsp3) is 0.389. The number of rotatable bonds is 5. The third-order valence-electron chi connectivity index (χ3n) is 5.27. The van der Waals surface area contributed by atoms with Gasteiger partial charge in [-0.1, -0.05) is 0 Å². The molecule has 29 heavy (non-hydrogen) atoms. The summed E-state index contributed by atoms with van der Waals surface area (Å²) in [5.74, 6) is 0.584. The van der Waals surface area contributed by atoms with Crippen molar-refractivity contribution in [3.8, 4) is 0 Å². The molecule has 0 atom stereocenters. The van der Waals surface area contributed by atoms with Crippen molar-refractivity contribution in [3.05, 3.63) is 42.6 Å². The summed E-state index contributed by atoms with van der Waals surface area (Å²) in [4.78, 5) is 16.6. The van der Waals surface area contributed by atoms with Gasteiger partial charge in [-0.15, -0.1) is 0 Å². The van der Waals surface area contributed by atoms with E-state index in [-0.39, 0.29) is 22.6 Å². The minimum atomic E-state index is -4.60. The largest absolute Gasteiger partial charge is 0.433 e. The normalized spacial score (nSPS) is 19.9. The molecule has 0 bridgehead atoms. The van der Waals surface area contributed by atoms with Crippen LogP contribution < -0.4 is 4.90 Å². The van der Waals surface area contributed by atoms with Gasteiger partial charge in [0.2, 0.25) is 0 Å². The topological polar surface area (TPSA) is 91.8 Å². The van der Waals surface area contributed by atoms with Crippen molar-refractivity contribution in [3.63, 3.8) is 0 Å². The Balaban J connectivity index is 1.40. The average molecular weight is 425 g/mol. The van der Waals surface area contributed by atoms with Gasteiger partial charge in [0.15, 0.2) is 9.84 Å². The van der Waals surface area contributed by atoms with Gasteiger partial charge >= 0.3 is 6.18 Å². The van der Waals surface area contributed by atoms with Crippen LogP contribution in [0, 0.1) is 5.92 Å². The lowest BCUT2D eigenvalue weighted by molar-refractivity contribution is -0.141. The average Bonchev–Trinajstić information content (AvgIpc) is 3.12. The van der Waals surface area contributed by atoms with Gasteiger partial charge in [-0.05, 0) is 37.0 Å². The van der Waals surface area contributed by atoms with Crippen molar-refractivity contribution < 1.29 is 21.6 Å². The first-order valence-corrected chi connectivity index (χ1v) is 10.6. The number of anilines is 1. The zero-order chi connectivity index (χ0) is 20.8. The summed E-state index contributed by atoms with van der Waals surface area (Å²) in [6.07, 6.45) is 0.747. The number of sulfone groups is 1. The smallest absolute Gasteiger partial charge is 0.356 e. The van der Waals surface area contributed by atoms with Crippen molar-refractivity contribution >= 4 is 26.7 Å². The number of hydrogen-bond acceptors (Lipinski definition) is 6. The first-order chi connectivity index (χ1) is 13.6. The molecule has 3 heterocycles. The monoisotopic (exact) mass is 425 g/mol. The van der Waals surface area contributed by atoms with Crippen molar-refractivity contribution in [1.82, 2.24) is 19.9 Å². The Kier molecular flexibility index (Phi) is 4.72. The van der Waals surface area contributed by atoms with Crippen molar-refractivity contribution in [2.75, 3.05) is 17.7 Å². The molecule has 1 N–H and O–H groups in total. The van der Waals surface area contributed by atoms with E-state index in [1.165, 1.54) is 6.33 Å². The molecule has 0 saturated heterocycles.